The highest BCUT2D eigenvalue weighted by molar-refractivity contribution is 7.10. The van der Waals surface area contributed by atoms with Crippen LogP contribution in [0.15, 0.2) is 35.7 Å². The second-order valence-electron chi connectivity index (χ2n) is 4.63. The maximum Gasteiger partial charge on any atom is 0.317 e. The van der Waals surface area contributed by atoms with E-state index < -0.39 is 0 Å². The standard InChI is InChI=1S/C15H17ClN2OS/c1-11-7-8-20-14(11)9-17-15(19)18(2)10-12-5-3-4-6-13(12)16/h3-8H,9-10H2,1-2H3,(H,17,19). The van der Waals surface area contributed by atoms with Crippen LogP contribution in [0.2, 0.25) is 5.02 Å². The van der Waals surface area contributed by atoms with Gasteiger partial charge < -0.3 is 10.2 Å². The molecule has 106 valence electrons. The molecule has 1 N–H and O–H groups in total. The van der Waals surface area contributed by atoms with Crippen LogP contribution in [0.4, 0.5) is 4.79 Å². The van der Waals surface area contributed by atoms with E-state index in [1.54, 1.807) is 23.3 Å². The summed E-state index contributed by atoms with van der Waals surface area (Å²) in [4.78, 5) is 14.9. The topological polar surface area (TPSA) is 32.3 Å². The SMILES string of the molecule is Cc1ccsc1CNC(=O)N(C)Cc1ccccc1Cl. The predicted octanol–water partition coefficient (Wildman–Crippen LogP) is 4.05. The van der Waals surface area contributed by atoms with Crippen LogP contribution in [-0.2, 0) is 13.1 Å². The van der Waals surface area contributed by atoms with E-state index in [4.69, 9.17) is 11.6 Å². The molecule has 0 atom stereocenters. The summed E-state index contributed by atoms with van der Waals surface area (Å²) in [6, 6.07) is 9.51. The van der Waals surface area contributed by atoms with Crippen LogP contribution in [0.25, 0.3) is 0 Å². The van der Waals surface area contributed by atoms with Crippen molar-refractivity contribution < 1.29 is 4.79 Å². The van der Waals surface area contributed by atoms with Crippen molar-refractivity contribution in [1.29, 1.82) is 0 Å². The minimum absolute atomic E-state index is 0.0993. The third kappa shape index (κ3) is 3.74. The zero-order valence-electron chi connectivity index (χ0n) is 11.5. The highest BCUT2D eigenvalue weighted by atomic mass is 35.5. The van der Waals surface area contributed by atoms with Crippen molar-refractivity contribution in [2.75, 3.05) is 7.05 Å². The Hall–Kier alpha value is -1.52. The molecule has 1 aromatic carbocycles. The van der Waals surface area contributed by atoms with Crippen LogP contribution in [0.3, 0.4) is 0 Å². The summed E-state index contributed by atoms with van der Waals surface area (Å²) in [5.74, 6) is 0. The molecule has 20 heavy (non-hydrogen) atoms. The number of benzene rings is 1. The van der Waals surface area contributed by atoms with E-state index in [9.17, 15) is 4.79 Å². The van der Waals surface area contributed by atoms with Crippen molar-refractivity contribution in [3.63, 3.8) is 0 Å². The second kappa shape index (κ2) is 6.77. The van der Waals surface area contributed by atoms with Gasteiger partial charge in [0.2, 0.25) is 0 Å². The molecule has 2 aromatic rings. The number of carbonyl (C=O) groups excluding carboxylic acids is 1. The van der Waals surface area contributed by atoms with Gasteiger partial charge in [0.25, 0.3) is 0 Å². The lowest BCUT2D eigenvalue weighted by molar-refractivity contribution is 0.206. The molecule has 0 aliphatic carbocycles. The minimum Gasteiger partial charge on any atom is -0.333 e. The van der Waals surface area contributed by atoms with Gasteiger partial charge in [0.15, 0.2) is 0 Å². The Bertz CT molecular complexity index is 597. The minimum atomic E-state index is -0.0993. The van der Waals surface area contributed by atoms with E-state index in [1.807, 2.05) is 36.6 Å². The van der Waals surface area contributed by atoms with E-state index in [2.05, 4.69) is 11.4 Å². The zero-order valence-corrected chi connectivity index (χ0v) is 13.1. The van der Waals surface area contributed by atoms with Gasteiger partial charge in [-0.3, -0.25) is 0 Å². The number of carbonyl (C=O) groups is 1. The molecule has 0 aliphatic rings. The van der Waals surface area contributed by atoms with Gasteiger partial charge in [-0.15, -0.1) is 11.3 Å². The molecule has 1 aromatic heterocycles. The lowest BCUT2D eigenvalue weighted by Crippen LogP contribution is -2.36. The van der Waals surface area contributed by atoms with Crippen LogP contribution in [-0.4, -0.2) is 18.0 Å². The number of hydrogen-bond donors (Lipinski definition) is 1. The van der Waals surface area contributed by atoms with Gasteiger partial charge in [0.1, 0.15) is 0 Å². The normalized spacial score (nSPS) is 10.3. The average Bonchev–Trinajstić information content (AvgIpc) is 2.84. The van der Waals surface area contributed by atoms with Crippen LogP contribution in [0, 0.1) is 6.92 Å². The van der Waals surface area contributed by atoms with E-state index in [0.717, 1.165) is 5.56 Å². The van der Waals surface area contributed by atoms with Crippen LogP contribution >= 0.6 is 22.9 Å². The molecule has 0 fully saturated rings. The summed E-state index contributed by atoms with van der Waals surface area (Å²) >= 11 is 7.75. The van der Waals surface area contributed by atoms with Crippen LogP contribution < -0.4 is 5.32 Å². The second-order valence-corrected chi connectivity index (χ2v) is 6.04. The first-order chi connectivity index (χ1) is 9.58. The first-order valence-electron chi connectivity index (χ1n) is 6.33. The Morgan fingerprint density at radius 1 is 1.35 bits per heavy atom. The number of rotatable bonds is 4. The Kier molecular flexibility index (Phi) is 5.04. The summed E-state index contributed by atoms with van der Waals surface area (Å²) < 4.78 is 0. The van der Waals surface area contributed by atoms with Gasteiger partial charge in [-0.05, 0) is 35.6 Å². The highest BCUT2D eigenvalue weighted by Crippen LogP contribution is 2.17. The third-order valence-corrected chi connectivity index (χ3v) is 4.47. The summed E-state index contributed by atoms with van der Waals surface area (Å²) in [7, 11) is 1.76. The molecular formula is C15H17ClN2OS. The summed E-state index contributed by atoms with van der Waals surface area (Å²) in [6.45, 7) is 3.11. The smallest absolute Gasteiger partial charge is 0.317 e. The first kappa shape index (κ1) is 14.9. The Labute approximate surface area is 128 Å². The van der Waals surface area contributed by atoms with Crippen molar-refractivity contribution in [3.8, 4) is 0 Å². The van der Waals surface area contributed by atoms with Crippen molar-refractivity contribution >= 4 is 29.0 Å². The number of urea groups is 1. The number of amides is 2. The molecule has 3 nitrogen and oxygen atoms in total. The zero-order chi connectivity index (χ0) is 14.5. The Morgan fingerprint density at radius 3 is 2.75 bits per heavy atom. The number of hydrogen-bond acceptors (Lipinski definition) is 2. The molecule has 2 rings (SSSR count). The van der Waals surface area contributed by atoms with Crippen molar-refractivity contribution in [3.05, 3.63) is 56.7 Å². The molecule has 0 unspecified atom stereocenters. The van der Waals surface area contributed by atoms with Gasteiger partial charge in [0, 0.05) is 23.5 Å². The van der Waals surface area contributed by atoms with E-state index >= 15 is 0 Å². The fourth-order valence-corrected chi connectivity index (χ4v) is 2.87. The monoisotopic (exact) mass is 308 g/mol. The van der Waals surface area contributed by atoms with E-state index in [1.165, 1.54) is 10.4 Å². The maximum absolute atomic E-state index is 12.0. The molecule has 0 spiro atoms. The summed E-state index contributed by atoms with van der Waals surface area (Å²) in [5, 5.41) is 5.63. The Balaban J connectivity index is 1.89. The molecule has 2 amide bonds. The fraction of sp³-hybridized carbons (Fsp3) is 0.267. The van der Waals surface area contributed by atoms with Gasteiger partial charge in [-0.2, -0.15) is 0 Å². The lowest BCUT2D eigenvalue weighted by atomic mass is 10.2. The fourth-order valence-electron chi connectivity index (χ4n) is 1.83. The van der Waals surface area contributed by atoms with E-state index in [0.29, 0.717) is 18.1 Å². The lowest BCUT2D eigenvalue weighted by Gasteiger charge is -2.18. The molecule has 0 radical (unpaired) electrons. The molecule has 0 saturated carbocycles. The first-order valence-corrected chi connectivity index (χ1v) is 7.59. The summed E-state index contributed by atoms with van der Waals surface area (Å²) in [6.07, 6.45) is 0. The van der Waals surface area contributed by atoms with Gasteiger partial charge >= 0.3 is 6.03 Å². The van der Waals surface area contributed by atoms with Crippen molar-refractivity contribution in [2.45, 2.75) is 20.0 Å². The quantitative estimate of drug-likeness (QED) is 0.908. The number of halogens is 1. The Morgan fingerprint density at radius 2 is 2.10 bits per heavy atom. The molecule has 5 heteroatoms. The van der Waals surface area contributed by atoms with Crippen LogP contribution in [0.5, 0.6) is 0 Å². The molecule has 0 saturated heterocycles. The number of nitrogens with one attached hydrogen (secondary N) is 1. The van der Waals surface area contributed by atoms with Crippen LogP contribution in [0.1, 0.15) is 16.0 Å². The number of nitrogens with zero attached hydrogens (tertiary/aromatic N) is 1. The van der Waals surface area contributed by atoms with Gasteiger partial charge in [0.05, 0.1) is 6.54 Å². The van der Waals surface area contributed by atoms with Crippen molar-refractivity contribution in [1.82, 2.24) is 10.2 Å². The number of thiophene rings is 1. The number of aryl methyl sites for hydroxylation is 1. The average molecular weight is 309 g/mol. The van der Waals surface area contributed by atoms with E-state index in [-0.39, 0.29) is 6.03 Å². The molecule has 1 heterocycles. The van der Waals surface area contributed by atoms with Gasteiger partial charge in [-0.25, -0.2) is 4.79 Å². The molecule has 0 bridgehead atoms. The van der Waals surface area contributed by atoms with Crippen molar-refractivity contribution in [2.24, 2.45) is 0 Å². The largest absolute Gasteiger partial charge is 0.333 e. The molecule has 0 aliphatic heterocycles. The highest BCUT2D eigenvalue weighted by Gasteiger charge is 2.11. The van der Waals surface area contributed by atoms with Gasteiger partial charge in [-0.1, -0.05) is 29.8 Å². The summed E-state index contributed by atoms with van der Waals surface area (Å²) in [5.41, 5.74) is 2.16. The predicted molar refractivity (Wildman–Crippen MR) is 84.2 cm³/mol. The maximum atomic E-state index is 12.0. The molecular weight excluding hydrogens is 292 g/mol. The third-order valence-electron chi connectivity index (χ3n) is 3.08.